The lowest BCUT2D eigenvalue weighted by molar-refractivity contribution is -0.130. The first-order valence-corrected chi connectivity index (χ1v) is 8.64. The van der Waals surface area contributed by atoms with E-state index in [1.54, 1.807) is 28.1 Å². The van der Waals surface area contributed by atoms with E-state index in [1.165, 1.54) is 0 Å². The molecule has 0 atom stereocenters. The Balaban J connectivity index is 1.55. The topological polar surface area (TPSA) is 56.5 Å². The highest BCUT2D eigenvalue weighted by atomic mass is 16.5. The number of carbonyl (C=O) groups is 1. The van der Waals surface area contributed by atoms with Gasteiger partial charge in [-0.1, -0.05) is 30.3 Å². The van der Waals surface area contributed by atoms with Crippen LogP contribution < -0.4 is 10.4 Å². The fraction of sp³-hybridized carbons (Fsp3) is 0.300. The summed E-state index contributed by atoms with van der Waals surface area (Å²) in [5.74, 6) is 0.775. The van der Waals surface area contributed by atoms with Gasteiger partial charge < -0.3 is 9.64 Å². The smallest absolute Gasteiger partial charge is 0.328 e. The van der Waals surface area contributed by atoms with Gasteiger partial charge in [-0.15, -0.1) is 0 Å². The van der Waals surface area contributed by atoms with Gasteiger partial charge in [0.1, 0.15) is 12.4 Å². The molecule has 2 aromatic carbocycles. The summed E-state index contributed by atoms with van der Waals surface area (Å²) in [5.41, 5.74) is 1.62. The van der Waals surface area contributed by atoms with Gasteiger partial charge in [0.05, 0.1) is 17.6 Å². The van der Waals surface area contributed by atoms with Crippen molar-refractivity contribution in [3.05, 3.63) is 65.1 Å². The molecular weight excluding hydrogens is 330 g/mol. The van der Waals surface area contributed by atoms with Crippen LogP contribution in [0.5, 0.6) is 5.75 Å². The van der Waals surface area contributed by atoms with E-state index in [1.807, 2.05) is 54.6 Å². The molecule has 26 heavy (non-hydrogen) atoms. The van der Waals surface area contributed by atoms with Crippen molar-refractivity contribution in [2.45, 2.75) is 13.0 Å². The molecule has 0 unspecified atom stereocenters. The fourth-order valence-corrected chi connectivity index (χ4v) is 2.92. The molecule has 3 rings (SSSR count). The Morgan fingerprint density at radius 1 is 1.04 bits per heavy atom. The summed E-state index contributed by atoms with van der Waals surface area (Å²) < 4.78 is 8.88. The molecule has 1 aromatic heterocycles. The van der Waals surface area contributed by atoms with E-state index in [-0.39, 0.29) is 18.0 Å². The summed E-state index contributed by atoms with van der Waals surface area (Å²) >= 11 is 0. The van der Waals surface area contributed by atoms with Crippen LogP contribution in [0.4, 0.5) is 0 Å². The molecule has 0 radical (unpaired) electrons. The molecule has 0 aliphatic rings. The number of para-hydroxylation sites is 3. The summed E-state index contributed by atoms with van der Waals surface area (Å²) in [5, 5.41) is 0. The number of aryl methyl sites for hydroxylation is 2. The van der Waals surface area contributed by atoms with E-state index in [2.05, 4.69) is 0 Å². The lowest BCUT2D eigenvalue weighted by atomic mass is 10.3. The molecule has 6 nitrogen and oxygen atoms in total. The summed E-state index contributed by atoms with van der Waals surface area (Å²) in [6.45, 7) is 1.29. The second-order valence-corrected chi connectivity index (χ2v) is 6.21. The number of ether oxygens (including phenoxy) is 1. The van der Waals surface area contributed by atoms with Gasteiger partial charge in [0.2, 0.25) is 5.91 Å². The van der Waals surface area contributed by atoms with Gasteiger partial charge in [0, 0.05) is 27.1 Å². The maximum absolute atomic E-state index is 12.4. The van der Waals surface area contributed by atoms with Crippen LogP contribution in [0.2, 0.25) is 0 Å². The quantitative estimate of drug-likeness (QED) is 0.655. The van der Waals surface area contributed by atoms with Crippen LogP contribution in [0.3, 0.4) is 0 Å². The molecule has 1 heterocycles. The number of likely N-dealkylation sites (N-methyl/N-ethyl adjacent to an activating group) is 1. The second kappa shape index (κ2) is 7.91. The largest absolute Gasteiger partial charge is 0.492 e. The number of amides is 1. The van der Waals surface area contributed by atoms with E-state index in [4.69, 9.17) is 4.74 Å². The Bertz CT molecular complexity index is 944. The van der Waals surface area contributed by atoms with Crippen molar-refractivity contribution in [3.63, 3.8) is 0 Å². The molecule has 6 heteroatoms. The molecule has 0 N–H and O–H groups in total. The molecule has 0 saturated carbocycles. The predicted molar refractivity (Wildman–Crippen MR) is 101 cm³/mol. The first-order chi connectivity index (χ1) is 12.6. The van der Waals surface area contributed by atoms with Crippen molar-refractivity contribution in [2.75, 3.05) is 20.2 Å². The maximum atomic E-state index is 12.4. The van der Waals surface area contributed by atoms with Crippen molar-refractivity contribution < 1.29 is 9.53 Å². The SMILES string of the molecule is CN(CCOc1ccccc1)C(=O)CCn1c(=O)n(C)c2ccccc21. The minimum Gasteiger partial charge on any atom is -0.492 e. The molecule has 0 bridgehead atoms. The molecule has 136 valence electrons. The van der Waals surface area contributed by atoms with Crippen molar-refractivity contribution in [3.8, 4) is 5.75 Å². The van der Waals surface area contributed by atoms with Gasteiger partial charge >= 0.3 is 5.69 Å². The summed E-state index contributed by atoms with van der Waals surface area (Å²) in [6.07, 6.45) is 0.274. The molecule has 0 spiro atoms. The number of fused-ring (bicyclic) bond motifs is 1. The Kier molecular flexibility index (Phi) is 5.41. The number of nitrogens with zero attached hydrogens (tertiary/aromatic N) is 3. The monoisotopic (exact) mass is 353 g/mol. The number of imidazole rings is 1. The average molecular weight is 353 g/mol. The van der Waals surface area contributed by atoms with Crippen LogP contribution in [0.25, 0.3) is 11.0 Å². The van der Waals surface area contributed by atoms with Gasteiger partial charge in [-0.25, -0.2) is 4.79 Å². The first-order valence-electron chi connectivity index (χ1n) is 8.64. The van der Waals surface area contributed by atoms with Gasteiger partial charge in [-0.05, 0) is 24.3 Å². The Labute approximate surface area is 152 Å². The number of aromatic nitrogens is 2. The molecule has 0 aliphatic heterocycles. The Morgan fingerprint density at radius 3 is 2.42 bits per heavy atom. The zero-order chi connectivity index (χ0) is 18.5. The van der Waals surface area contributed by atoms with Crippen molar-refractivity contribution in [1.82, 2.24) is 14.0 Å². The second-order valence-electron chi connectivity index (χ2n) is 6.21. The summed E-state index contributed by atoms with van der Waals surface area (Å²) in [7, 11) is 3.50. The van der Waals surface area contributed by atoms with E-state index in [0.29, 0.717) is 19.7 Å². The zero-order valence-corrected chi connectivity index (χ0v) is 15.1. The standard InChI is InChI=1S/C20H23N3O3/c1-21(14-15-26-16-8-4-3-5-9-16)19(24)12-13-23-18-11-7-6-10-17(18)22(2)20(23)25/h3-11H,12-15H2,1-2H3. The number of rotatable bonds is 7. The third kappa shape index (κ3) is 3.79. The molecule has 1 amide bonds. The minimum absolute atomic E-state index is 0.0125. The van der Waals surface area contributed by atoms with Gasteiger partial charge in [0.25, 0.3) is 0 Å². The number of hydrogen-bond donors (Lipinski definition) is 0. The highest BCUT2D eigenvalue weighted by Crippen LogP contribution is 2.12. The third-order valence-electron chi connectivity index (χ3n) is 4.47. The van der Waals surface area contributed by atoms with Gasteiger partial charge in [0.15, 0.2) is 0 Å². The van der Waals surface area contributed by atoms with E-state index in [0.717, 1.165) is 16.8 Å². The van der Waals surface area contributed by atoms with Crippen molar-refractivity contribution >= 4 is 16.9 Å². The Morgan fingerprint density at radius 2 is 1.69 bits per heavy atom. The Hall–Kier alpha value is -3.02. The molecular formula is C20H23N3O3. The zero-order valence-electron chi connectivity index (χ0n) is 15.1. The normalized spacial score (nSPS) is 10.8. The summed E-state index contributed by atoms with van der Waals surface area (Å²) in [6, 6.07) is 17.1. The highest BCUT2D eigenvalue weighted by molar-refractivity contribution is 5.77. The number of benzene rings is 2. The average Bonchev–Trinajstić information content (AvgIpc) is 2.91. The molecule has 0 fully saturated rings. The molecule has 0 saturated heterocycles. The first kappa shape index (κ1) is 17.8. The van der Waals surface area contributed by atoms with E-state index >= 15 is 0 Å². The summed E-state index contributed by atoms with van der Waals surface area (Å²) in [4.78, 5) is 26.4. The lowest BCUT2D eigenvalue weighted by Crippen LogP contribution is -2.32. The highest BCUT2D eigenvalue weighted by Gasteiger charge is 2.13. The van der Waals surface area contributed by atoms with Crippen LogP contribution in [-0.4, -0.2) is 40.1 Å². The van der Waals surface area contributed by atoms with Crippen LogP contribution in [0.1, 0.15) is 6.42 Å². The molecule has 0 aliphatic carbocycles. The molecule has 3 aromatic rings. The van der Waals surface area contributed by atoms with Crippen LogP contribution in [0, 0.1) is 0 Å². The van der Waals surface area contributed by atoms with Gasteiger partial charge in [-0.3, -0.25) is 13.9 Å². The van der Waals surface area contributed by atoms with Crippen molar-refractivity contribution in [2.24, 2.45) is 7.05 Å². The van der Waals surface area contributed by atoms with Gasteiger partial charge in [-0.2, -0.15) is 0 Å². The maximum Gasteiger partial charge on any atom is 0.328 e. The predicted octanol–water partition coefficient (Wildman–Crippen LogP) is 2.27. The third-order valence-corrected chi connectivity index (χ3v) is 4.47. The number of carbonyl (C=O) groups excluding carboxylic acids is 1. The van der Waals surface area contributed by atoms with E-state index < -0.39 is 0 Å². The van der Waals surface area contributed by atoms with Crippen molar-refractivity contribution in [1.29, 1.82) is 0 Å². The van der Waals surface area contributed by atoms with Crippen LogP contribution in [0.15, 0.2) is 59.4 Å². The van der Waals surface area contributed by atoms with Crippen LogP contribution >= 0.6 is 0 Å². The lowest BCUT2D eigenvalue weighted by Gasteiger charge is -2.17. The number of hydrogen-bond acceptors (Lipinski definition) is 3. The minimum atomic E-state index is -0.103. The van der Waals surface area contributed by atoms with E-state index in [9.17, 15) is 9.59 Å². The van der Waals surface area contributed by atoms with Crippen LogP contribution in [-0.2, 0) is 18.4 Å². The fourth-order valence-electron chi connectivity index (χ4n) is 2.92.